The predicted octanol–water partition coefficient (Wildman–Crippen LogP) is 4.03. The van der Waals surface area contributed by atoms with Gasteiger partial charge in [-0.25, -0.2) is 13.2 Å². The molecule has 1 fully saturated rings. The zero-order chi connectivity index (χ0) is 20.2. The highest BCUT2D eigenvalue weighted by atomic mass is 32.2. The summed E-state index contributed by atoms with van der Waals surface area (Å²) in [5.41, 5.74) is 1.79. The Morgan fingerprint density at radius 2 is 1.76 bits per heavy atom. The maximum Gasteiger partial charge on any atom is 0.348 e. The molecular formula is C23H20N2O3S. The van der Waals surface area contributed by atoms with Gasteiger partial charge in [0.15, 0.2) is 9.84 Å². The van der Waals surface area contributed by atoms with Crippen molar-refractivity contribution < 1.29 is 8.42 Å². The van der Waals surface area contributed by atoms with Gasteiger partial charge in [-0.3, -0.25) is 4.57 Å². The van der Waals surface area contributed by atoms with Gasteiger partial charge in [-0.1, -0.05) is 42.5 Å². The molecule has 1 saturated carbocycles. The van der Waals surface area contributed by atoms with E-state index in [9.17, 15) is 13.2 Å². The fraction of sp³-hybridized carbons (Fsp3) is 0.217. The molecule has 146 valence electrons. The van der Waals surface area contributed by atoms with Gasteiger partial charge in [0.1, 0.15) is 0 Å². The molecule has 0 bridgehead atoms. The second-order valence-corrected chi connectivity index (χ2v) is 9.79. The van der Waals surface area contributed by atoms with E-state index in [0.29, 0.717) is 23.5 Å². The molecule has 0 aliphatic heterocycles. The minimum atomic E-state index is -3.38. The van der Waals surface area contributed by atoms with Crippen LogP contribution in [0.2, 0.25) is 0 Å². The summed E-state index contributed by atoms with van der Waals surface area (Å²) in [5, 5.41) is 2.71. The fourth-order valence-electron chi connectivity index (χ4n) is 3.86. The molecule has 1 aromatic heterocycles. The standard InChI is InChI=1S/C23H20N2O3S/c1-29(27,28)17-11-12-21-20(13-17)22(24-23(26)25(21)14-15-9-10-15)19-8-4-6-16-5-2-3-7-18(16)19/h2-8,11-13,15H,9-10,14H2,1H3. The van der Waals surface area contributed by atoms with Gasteiger partial charge in [0.2, 0.25) is 0 Å². The molecule has 4 aromatic rings. The molecule has 5 nitrogen and oxygen atoms in total. The van der Waals surface area contributed by atoms with Crippen molar-refractivity contribution in [3.63, 3.8) is 0 Å². The Balaban J connectivity index is 1.88. The second kappa shape index (κ2) is 6.52. The van der Waals surface area contributed by atoms with E-state index in [-0.39, 0.29) is 10.6 Å². The zero-order valence-corrected chi connectivity index (χ0v) is 16.8. The first-order chi connectivity index (χ1) is 13.9. The lowest BCUT2D eigenvalue weighted by Gasteiger charge is -2.15. The van der Waals surface area contributed by atoms with Gasteiger partial charge in [0.25, 0.3) is 0 Å². The van der Waals surface area contributed by atoms with Crippen LogP contribution in [0, 0.1) is 5.92 Å². The first-order valence-electron chi connectivity index (χ1n) is 9.64. The zero-order valence-electron chi connectivity index (χ0n) is 16.0. The highest BCUT2D eigenvalue weighted by Gasteiger charge is 2.24. The first kappa shape index (κ1) is 18.1. The lowest BCUT2D eigenvalue weighted by Crippen LogP contribution is -2.25. The van der Waals surface area contributed by atoms with E-state index < -0.39 is 9.84 Å². The number of fused-ring (bicyclic) bond motifs is 2. The van der Waals surface area contributed by atoms with Crippen molar-refractivity contribution >= 4 is 31.5 Å². The Morgan fingerprint density at radius 3 is 2.52 bits per heavy atom. The van der Waals surface area contributed by atoms with Gasteiger partial charge in [-0.05, 0) is 47.7 Å². The molecule has 1 aliphatic carbocycles. The minimum Gasteiger partial charge on any atom is -0.292 e. The third-order valence-corrected chi connectivity index (χ3v) is 6.67. The van der Waals surface area contributed by atoms with Gasteiger partial charge >= 0.3 is 5.69 Å². The van der Waals surface area contributed by atoms with Crippen molar-refractivity contribution in [3.05, 3.63) is 71.1 Å². The third-order valence-electron chi connectivity index (χ3n) is 5.56. The maximum atomic E-state index is 12.9. The van der Waals surface area contributed by atoms with E-state index in [2.05, 4.69) is 4.98 Å². The van der Waals surface area contributed by atoms with Gasteiger partial charge in [-0.2, -0.15) is 4.98 Å². The normalized spacial score (nSPS) is 14.5. The topological polar surface area (TPSA) is 69.0 Å². The smallest absolute Gasteiger partial charge is 0.292 e. The Hall–Kier alpha value is -2.99. The highest BCUT2D eigenvalue weighted by molar-refractivity contribution is 7.90. The van der Waals surface area contributed by atoms with Crippen molar-refractivity contribution in [1.29, 1.82) is 0 Å². The van der Waals surface area contributed by atoms with Gasteiger partial charge in [-0.15, -0.1) is 0 Å². The number of benzene rings is 3. The van der Waals surface area contributed by atoms with E-state index in [0.717, 1.165) is 34.7 Å². The summed E-state index contributed by atoms with van der Waals surface area (Å²) in [7, 11) is -3.38. The van der Waals surface area contributed by atoms with Crippen LogP contribution in [0.15, 0.2) is 70.4 Å². The van der Waals surface area contributed by atoms with Crippen LogP contribution in [0.4, 0.5) is 0 Å². The van der Waals surface area contributed by atoms with Crippen LogP contribution in [0.3, 0.4) is 0 Å². The largest absolute Gasteiger partial charge is 0.348 e. The number of sulfone groups is 1. The van der Waals surface area contributed by atoms with Crippen molar-refractivity contribution in [2.45, 2.75) is 24.3 Å². The quantitative estimate of drug-likeness (QED) is 0.515. The van der Waals surface area contributed by atoms with Crippen LogP contribution in [0.25, 0.3) is 32.9 Å². The van der Waals surface area contributed by atoms with Crippen molar-refractivity contribution in [1.82, 2.24) is 9.55 Å². The van der Waals surface area contributed by atoms with Gasteiger partial charge < -0.3 is 0 Å². The molecule has 1 aliphatic rings. The minimum absolute atomic E-state index is 0.227. The summed E-state index contributed by atoms with van der Waals surface area (Å²) in [4.78, 5) is 17.6. The van der Waals surface area contributed by atoms with Crippen molar-refractivity contribution in [2.75, 3.05) is 6.26 Å². The fourth-order valence-corrected chi connectivity index (χ4v) is 4.51. The van der Waals surface area contributed by atoms with Crippen LogP contribution < -0.4 is 5.69 Å². The van der Waals surface area contributed by atoms with E-state index in [1.165, 1.54) is 6.26 Å². The molecule has 0 N–H and O–H groups in total. The van der Waals surface area contributed by atoms with Crippen LogP contribution in [0.1, 0.15) is 12.8 Å². The average Bonchev–Trinajstić information content (AvgIpc) is 3.52. The van der Waals surface area contributed by atoms with Crippen LogP contribution in [-0.2, 0) is 16.4 Å². The molecule has 0 saturated heterocycles. The molecule has 0 amide bonds. The van der Waals surface area contributed by atoms with E-state index >= 15 is 0 Å². The molecular weight excluding hydrogens is 384 g/mol. The van der Waals surface area contributed by atoms with Crippen molar-refractivity contribution in [2.24, 2.45) is 5.92 Å². The summed E-state index contributed by atoms with van der Waals surface area (Å²) >= 11 is 0. The van der Waals surface area contributed by atoms with Gasteiger partial charge in [0.05, 0.1) is 16.1 Å². The molecule has 0 spiro atoms. The van der Waals surface area contributed by atoms with Crippen LogP contribution in [-0.4, -0.2) is 24.2 Å². The lowest BCUT2D eigenvalue weighted by molar-refractivity contribution is 0.601. The monoisotopic (exact) mass is 404 g/mol. The highest BCUT2D eigenvalue weighted by Crippen LogP contribution is 2.35. The predicted molar refractivity (Wildman–Crippen MR) is 115 cm³/mol. The van der Waals surface area contributed by atoms with E-state index in [1.54, 1.807) is 22.8 Å². The summed E-state index contributed by atoms with van der Waals surface area (Å²) in [6, 6.07) is 18.8. The Bertz CT molecular complexity index is 1430. The number of aromatic nitrogens is 2. The van der Waals surface area contributed by atoms with Crippen LogP contribution in [0.5, 0.6) is 0 Å². The molecule has 6 heteroatoms. The molecule has 1 heterocycles. The van der Waals surface area contributed by atoms with E-state index in [4.69, 9.17) is 0 Å². The third kappa shape index (κ3) is 3.23. The number of hydrogen-bond acceptors (Lipinski definition) is 4. The van der Waals surface area contributed by atoms with Gasteiger partial charge in [0, 0.05) is 23.8 Å². The molecule has 29 heavy (non-hydrogen) atoms. The summed E-state index contributed by atoms with van der Waals surface area (Å²) in [6.07, 6.45) is 3.42. The van der Waals surface area contributed by atoms with Crippen LogP contribution >= 0.6 is 0 Å². The van der Waals surface area contributed by atoms with Crippen molar-refractivity contribution in [3.8, 4) is 11.3 Å². The Kier molecular flexibility index (Phi) is 4.06. The average molecular weight is 404 g/mol. The molecule has 0 radical (unpaired) electrons. The first-order valence-corrected chi connectivity index (χ1v) is 11.5. The summed E-state index contributed by atoms with van der Waals surface area (Å²) in [6.45, 7) is 0.621. The lowest BCUT2D eigenvalue weighted by atomic mass is 9.99. The number of nitrogens with zero attached hydrogens (tertiary/aromatic N) is 2. The molecule has 3 aromatic carbocycles. The SMILES string of the molecule is CS(=O)(=O)c1ccc2c(c1)c(-c1cccc3ccccc13)nc(=O)n2CC1CC1. The summed E-state index contributed by atoms with van der Waals surface area (Å²) in [5.74, 6) is 0.496. The molecule has 0 unspecified atom stereocenters. The number of hydrogen-bond donors (Lipinski definition) is 0. The Labute approximate surface area is 168 Å². The molecule has 0 atom stereocenters. The summed E-state index contributed by atoms with van der Waals surface area (Å²) < 4.78 is 26.1. The number of rotatable bonds is 4. The molecule has 5 rings (SSSR count). The maximum absolute atomic E-state index is 12.9. The second-order valence-electron chi connectivity index (χ2n) is 7.77. The van der Waals surface area contributed by atoms with E-state index in [1.807, 2.05) is 42.5 Å². The Morgan fingerprint density at radius 1 is 1.00 bits per heavy atom.